The van der Waals surface area contributed by atoms with E-state index in [1.165, 1.54) is 11.1 Å². The van der Waals surface area contributed by atoms with E-state index >= 15 is 0 Å². The van der Waals surface area contributed by atoms with Crippen LogP contribution >= 0.6 is 0 Å². The topological polar surface area (TPSA) is 50.4 Å². The van der Waals surface area contributed by atoms with Crippen molar-refractivity contribution in [2.45, 2.75) is 32.9 Å². The number of ether oxygens (including phenoxy) is 1. The van der Waals surface area contributed by atoms with Crippen molar-refractivity contribution < 1.29 is 9.53 Å². The van der Waals surface area contributed by atoms with Crippen LogP contribution in [0.1, 0.15) is 36.1 Å². The standard InChI is InChI=1S/C20H26N2O2/c1-4-18(22-13-16-11-9-15(2)10-12-16)17-7-5-6-8-19(17)24-14-20(23)21-3/h5-12,18,22H,4,13-14H2,1-3H3,(H,21,23). The minimum absolute atomic E-state index is 0.0297. The van der Waals surface area contributed by atoms with Crippen LogP contribution in [0.2, 0.25) is 0 Å². The Balaban J connectivity index is 2.06. The van der Waals surface area contributed by atoms with Crippen LogP contribution in [0.3, 0.4) is 0 Å². The number of hydrogen-bond acceptors (Lipinski definition) is 3. The predicted molar refractivity (Wildman–Crippen MR) is 97.1 cm³/mol. The van der Waals surface area contributed by atoms with E-state index in [1.807, 2.05) is 18.2 Å². The lowest BCUT2D eigenvalue weighted by Gasteiger charge is -2.21. The van der Waals surface area contributed by atoms with Gasteiger partial charge in [-0.05, 0) is 25.0 Å². The Hall–Kier alpha value is -2.33. The summed E-state index contributed by atoms with van der Waals surface area (Å²) in [5.74, 6) is 0.620. The van der Waals surface area contributed by atoms with Crippen LogP contribution in [0, 0.1) is 6.92 Å². The third kappa shape index (κ3) is 5.10. The molecule has 2 aromatic carbocycles. The lowest BCUT2D eigenvalue weighted by atomic mass is 10.0. The summed E-state index contributed by atoms with van der Waals surface area (Å²) in [6.45, 7) is 5.05. The quantitative estimate of drug-likeness (QED) is 0.782. The average molecular weight is 326 g/mol. The zero-order valence-corrected chi connectivity index (χ0v) is 14.6. The van der Waals surface area contributed by atoms with Crippen LogP contribution in [-0.4, -0.2) is 19.6 Å². The van der Waals surface area contributed by atoms with Crippen LogP contribution in [-0.2, 0) is 11.3 Å². The molecule has 1 atom stereocenters. The number of benzene rings is 2. The minimum atomic E-state index is -0.134. The third-order valence-electron chi connectivity index (χ3n) is 4.01. The molecule has 0 fully saturated rings. The summed E-state index contributed by atoms with van der Waals surface area (Å²) in [5.41, 5.74) is 3.59. The van der Waals surface area contributed by atoms with Gasteiger partial charge in [0.25, 0.3) is 5.91 Å². The van der Waals surface area contributed by atoms with E-state index in [9.17, 15) is 4.79 Å². The van der Waals surface area contributed by atoms with Gasteiger partial charge < -0.3 is 15.4 Å². The molecule has 1 unspecified atom stereocenters. The first-order chi connectivity index (χ1) is 11.6. The molecule has 0 heterocycles. The highest BCUT2D eigenvalue weighted by Crippen LogP contribution is 2.27. The number of amides is 1. The summed E-state index contributed by atoms with van der Waals surface area (Å²) < 4.78 is 5.69. The van der Waals surface area contributed by atoms with Gasteiger partial charge in [-0.1, -0.05) is 55.0 Å². The molecule has 0 aliphatic heterocycles. The summed E-state index contributed by atoms with van der Waals surface area (Å²) in [4.78, 5) is 11.4. The molecule has 0 aliphatic carbocycles. The number of nitrogens with one attached hydrogen (secondary N) is 2. The highest BCUT2D eigenvalue weighted by molar-refractivity contribution is 5.77. The second-order valence-corrected chi connectivity index (χ2v) is 5.83. The lowest BCUT2D eigenvalue weighted by molar-refractivity contribution is -0.122. The molecule has 1 amide bonds. The van der Waals surface area contributed by atoms with Gasteiger partial charge in [0, 0.05) is 25.2 Å². The second kappa shape index (κ2) is 9.08. The van der Waals surface area contributed by atoms with E-state index in [1.54, 1.807) is 7.05 Å². The van der Waals surface area contributed by atoms with Crippen molar-refractivity contribution in [3.63, 3.8) is 0 Å². The van der Waals surface area contributed by atoms with E-state index in [0.29, 0.717) is 0 Å². The van der Waals surface area contributed by atoms with Crippen molar-refractivity contribution in [2.24, 2.45) is 0 Å². The molecule has 0 bridgehead atoms. The van der Waals surface area contributed by atoms with Gasteiger partial charge in [0.2, 0.25) is 0 Å². The maximum Gasteiger partial charge on any atom is 0.257 e. The Bertz CT molecular complexity index is 653. The minimum Gasteiger partial charge on any atom is -0.483 e. The Morgan fingerprint density at radius 1 is 1.12 bits per heavy atom. The molecule has 24 heavy (non-hydrogen) atoms. The van der Waals surface area contributed by atoms with Gasteiger partial charge in [-0.25, -0.2) is 0 Å². The van der Waals surface area contributed by atoms with Crippen molar-refractivity contribution in [3.8, 4) is 5.75 Å². The van der Waals surface area contributed by atoms with E-state index in [4.69, 9.17) is 4.74 Å². The van der Waals surface area contributed by atoms with Gasteiger partial charge in [0.1, 0.15) is 5.75 Å². The second-order valence-electron chi connectivity index (χ2n) is 5.83. The average Bonchev–Trinajstić information content (AvgIpc) is 2.62. The molecule has 0 aliphatic rings. The number of likely N-dealkylation sites (N-methyl/N-ethyl adjacent to an activating group) is 1. The molecule has 0 aromatic heterocycles. The Kier molecular flexibility index (Phi) is 6.82. The molecule has 2 aromatic rings. The van der Waals surface area contributed by atoms with E-state index in [2.05, 4.69) is 54.8 Å². The molecular formula is C20H26N2O2. The highest BCUT2D eigenvalue weighted by Gasteiger charge is 2.14. The van der Waals surface area contributed by atoms with Gasteiger partial charge in [-0.2, -0.15) is 0 Å². The molecule has 0 saturated heterocycles. The molecule has 0 radical (unpaired) electrons. The smallest absolute Gasteiger partial charge is 0.257 e. The first-order valence-corrected chi connectivity index (χ1v) is 8.35. The summed E-state index contributed by atoms with van der Waals surface area (Å²) in [7, 11) is 1.61. The summed E-state index contributed by atoms with van der Waals surface area (Å²) in [6, 6.07) is 16.6. The zero-order valence-electron chi connectivity index (χ0n) is 14.6. The van der Waals surface area contributed by atoms with Crippen molar-refractivity contribution >= 4 is 5.91 Å². The van der Waals surface area contributed by atoms with Gasteiger partial charge in [-0.15, -0.1) is 0 Å². The summed E-state index contributed by atoms with van der Waals surface area (Å²) in [6.07, 6.45) is 0.937. The van der Waals surface area contributed by atoms with E-state index in [0.717, 1.165) is 24.3 Å². The molecule has 4 nitrogen and oxygen atoms in total. The number of carbonyl (C=O) groups is 1. The van der Waals surface area contributed by atoms with Crippen molar-refractivity contribution in [1.82, 2.24) is 10.6 Å². The third-order valence-corrected chi connectivity index (χ3v) is 4.01. The molecule has 0 spiro atoms. The van der Waals surface area contributed by atoms with Crippen molar-refractivity contribution in [3.05, 3.63) is 65.2 Å². The molecular weight excluding hydrogens is 300 g/mol. The maximum atomic E-state index is 11.4. The molecule has 128 valence electrons. The molecule has 2 rings (SSSR count). The van der Waals surface area contributed by atoms with Gasteiger partial charge in [-0.3, -0.25) is 4.79 Å². The number of aryl methyl sites for hydroxylation is 1. The summed E-state index contributed by atoms with van der Waals surface area (Å²) >= 11 is 0. The van der Waals surface area contributed by atoms with E-state index in [-0.39, 0.29) is 18.6 Å². The van der Waals surface area contributed by atoms with E-state index < -0.39 is 0 Å². The number of hydrogen-bond donors (Lipinski definition) is 2. The zero-order chi connectivity index (χ0) is 17.4. The van der Waals surface area contributed by atoms with Crippen molar-refractivity contribution in [2.75, 3.05) is 13.7 Å². The Morgan fingerprint density at radius 3 is 2.50 bits per heavy atom. The van der Waals surface area contributed by atoms with Crippen molar-refractivity contribution in [1.29, 1.82) is 0 Å². The highest BCUT2D eigenvalue weighted by atomic mass is 16.5. The fourth-order valence-electron chi connectivity index (χ4n) is 2.54. The first-order valence-electron chi connectivity index (χ1n) is 8.35. The number of para-hydroxylation sites is 1. The fourth-order valence-corrected chi connectivity index (χ4v) is 2.54. The first kappa shape index (κ1) is 18.0. The molecule has 4 heteroatoms. The van der Waals surface area contributed by atoms with Crippen LogP contribution < -0.4 is 15.4 Å². The van der Waals surface area contributed by atoms with Crippen LogP contribution in [0.5, 0.6) is 5.75 Å². The monoisotopic (exact) mass is 326 g/mol. The predicted octanol–water partition coefficient (Wildman–Crippen LogP) is 3.36. The number of rotatable bonds is 8. The lowest BCUT2D eigenvalue weighted by Crippen LogP contribution is -2.26. The van der Waals surface area contributed by atoms with Crippen LogP contribution in [0.15, 0.2) is 48.5 Å². The number of carbonyl (C=O) groups excluding carboxylic acids is 1. The Morgan fingerprint density at radius 2 is 1.83 bits per heavy atom. The normalized spacial score (nSPS) is 11.8. The fraction of sp³-hybridized carbons (Fsp3) is 0.350. The largest absolute Gasteiger partial charge is 0.483 e. The summed E-state index contributed by atoms with van der Waals surface area (Å²) in [5, 5.41) is 6.15. The maximum absolute atomic E-state index is 11.4. The molecule has 0 saturated carbocycles. The molecule has 2 N–H and O–H groups in total. The van der Waals surface area contributed by atoms with Gasteiger partial charge in [0.05, 0.1) is 0 Å². The SMILES string of the molecule is CCC(NCc1ccc(C)cc1)c1ccccc1OCC(=O)NC. The van der Waals surface area contributed by atoms with Gasteiger partial charge in [0.15, 0.2) is 6.61 Å². The Labute approximate surface area is 144 Å². The van der Waals surface area contributed by atoms with Crippen LogP contribution in [0.4, 0.5) is 0 Å². The van der Waals surface area contributed by atoms with Gasteiger partial charge >= 0.3 is 0 Å². The van der Waals surface area contributed by atoms with Crippen LogP contribution in [0.25, 0.3) is 0 Å².